The maximum Gasteiger partial charge on any atom is 2.00 e. The molecule has 0 spiro atoms. The predicted molar refractivity (Wildman–Crippen MR) is 151 cm³/mol. The van der Waals surface area contributed by atoms with Crippen molar-refractivity contribution in [3.05, 3.63) is 110 Å². The molecule has 0 aliphatic heterocycles. The van der Waals surface area contributed by atoms with Crippen LogP contribution in [0.1, 0.15) is 0 Å². The second-order valence-electron chi connectivity index (χ2n) is 8.18. The predicted octanol–water partition coefficient (Wildman–Crippen LogP) is -0.735. The fraction of sp³-hybridized carbons (Fsp3) is 0.0667. The zero-order chi connectivity index (χ0) is 25.9. The van der Waals surface area contributed by atoms with Gasteiger partial charge < -0.3 is 52.0 Å². The molecule has 6 nitrogen and oxygen atoms in total. The number of methoxy groups -OCH3 is 2. The molecule has 2 aromatic carbocycles. The van der Waals surface area contributed by atoms with Crippen LogP contribution < -0.4 is 66.9 Å². The largest absolute Gasteiger partial charge is 2.00 e. The SMILES string of the molecule is COc1cccc(P(c2ccco2)c2ccco2)c1-c1c(OC)cccc1P(c1ccco1)c1ccco1.[Cl-].[Cl-].[Pd+2]. The molecule has 0 bridgehead atoms. The summed E-state index contributed by atoms with van der Waals surface area (Å²) in [6.07, 6.45) is 6.76. The van der Waals surface area contributed by atoms with Crippen LogP contribution in [-0.2, 0) is 20.4 Å². The van der Waals surface area contributed by atoms with Gasteiger partial charge in [-0.3, -0.25) is 0 Å². The van der Waals surface area contributed by atoms with E-state index in [0.29, 0.717) is 11.5 Å². The van der Waals surface area contributed by atoms with Crippen LogP contribution in [0.5, 0.6) is 11.5 Å². The zero-order valence-electron chi connectivity index (χ0n) is 21.8. The summed E-state index contributed by atoms with van der Waals surface area (Å²) in [6, 6.07) is 27.7. The van der Waals surface area contributed by atoms with Gasteiger partial charge in [0.15, 0.2) is 0 Å². The van der Waals surface area contributed by atoms with Crippen LogP contribution in [0, 0.1) is 0 Å². The summed E-state index contributed by atoms with van der Waals surface area (Å²) in [4.78, 5) is 0. The Kier molecular flexibility index (Phi) is 11.9. The minimum Gasteiger partial charge on any atom is -1.00 e. The molecule has 6 rings (SSSR count). The first kappa shape index (κ1) is 32.8. The van der Waals surface area contributed by atoms with Crippen LogP contribution in [0.4, 0.5) is 0 Å². The summed E-state index contributed by atoms with van der Waals surface area (Å²) >= 11 is 0. The van der Waals surface area contributed by atoms with Crippen molar-refractivity contribution in [2.45, 2.75) is 0 Å². The maximum atomic E-state index is 5.99. The van der Waals surface area contributed by atoms with Gasteiger partial charge in [-0.1, -0.05) is 24.3 Å². The van der Waals surface area contributed by atoms with Crippen molar-refractivity contribution >= 4 is 48.5 Å². The molecule has 0 unspecified atom stereocenters. The van der Waals surface area contributed by atoms with Crippen molar-refractivity contribution in [2.75, 3.05) is 14.2 Å². The van der Waals surface area contributed by atoms with E-state index in [1.54, 1.807) is 39.3 Å². The van der Waals surface area contributed by atoms with E-state index in [2.05, 4.69) is 12.1 Å². The van der Waals surface area contributed by atoms with Crippen molar-refractivity contribution in [1.82, 2.24) is 0 Å². The number of ether oxygens (including phenoxy) is 2. The quantitative estimate of drug-likeness (QED) is 0.145. The van der Waals surface area contributed by atoms with Crippen molar-refractivity contribution < 1.29 is 72.4 Å². The van der Waals surface area contributed by atoms with Crippen LogP contribution in [0.3, 0.4) is 0 Å². The number of rotatable bonds is 9. The minimum atomic E-state index is -1.19. The van der Waals surface area contributed by atoms with Gasteiger partial charge in [0.2, 0.25) is 0 Å². The Labute approximate surface area is 266 Å². The molecular formula is C30H24Cl2O6P2Pd. The summed E-state index contributed by atoms with van der Waals surface area (Å²) in [5, 5.41) is 2.03. The second-order valence-corrected chi connectivity index (χ2v) is 12.3. The normalized spacial score (nSPS) is 10.5. The van der Waals surface area contributed by atoms with E-state index in [9.17, 15) is 0 Å². The molecule has 0 saturated carbocycles. The first-order valence-electron chi connectivity index (χ1n) is 11.9. The van der Waals surface area contributed by atoms with E-state index < -0.39 is 15.8 Å². The average molecular weight is 720 g/mol. The van der Waals surface area contributed by atoms with Crippen LogP contribution >= 0.6 is 15.8 Å². The van der Waals surface area contributed by atoms with Gasteiger partial charge in [-0.15, -0.1) is 0 Å². The molecule has 0 radical (unpaired) electrons. The fourth-order valence-electron chi connectivity index (χ4n) is 4.54. The summed E-state index contributed by atoms with van der Waals surface area (Å²) in [7, 11) is 0.993. The summed E-state index contributed by atoms with van der Waals surface area (Å²) in [5.41, 5.74) is 5.10. The van der Waals surface area contributed by atoms with Gasteiger partial charge in [-0.2, -0.15) is 0 Å². The fourth-order valence-corrected chi connectivity index (χ4v) is 8.89. The van der Waals surface area contributed by atoms with Gasteiger partial charge in [0.25, 0.3) is 0 Å². The molecule has 0 saturated heterocycles. The molecule has 0 N–H and O–H groups in total. The molecule has 0 amide bonds. The Hall–Kier alpha value is -2.74. The van der Waals surface area contributed by atoms with E-state index in [1.165, 1.54) is 0 Å². The Morgan fingerprint density at radius 3 is 1.02 bits per heavy atom. The molecule has 11 heteroatoms. The minimum absolute atomic E-state index is 0. The molecule has 41 heavy (non-hydrogen) atoms. The van der Waals surface area contributed by atoms with E-state index in [0.717, 1.165) is 43.7 Å². The number of hydrogen-bond donors (Lipinski definition) is 0. The Bertz CT molecular complexity index is 1410. The van der Waals surface area contributed by atoms with Gasteiger partial charge in [-0.05, 0) is 60.7 Å². The standard InChI is InChI=1S/C30H24O6P2.2ClH.Pd/c1-31-21-9-3-11-23(37(25-13-5-17-33-25)26-14-6-18-34-26)29(21)30-22(32-2)10-4-12-24(30)38(27-15-7-19-35-27)28-16-8-20-36-28;;;/h3-20H,1-2H3;2*1H;/q;;;+2/p-2. The molecule has 0 aliphatic carbocycles. The van der Waals surface area contributed by atoms with E-state index in [-0.39, 0.29) is 45.2 Å². The summed E-state index contributed by atoms with van der Waals surface area (Å²) in [5.74, 6) is 1.43. The van der Waals surface area contributed by atoms with E-state index in [1.807, 2.05) is 72.8 Å². The second kappa shape index (κ2) is 14.9. The third-order valence-corrected chi connectivity index (χ3v) is 10.6. The third kappa shape index (κ3) is 6.37. The van der Waals surface area contributed by atoms with Crippen LogP contribution in [0.25, 0.3) is 11.1 Å². The Morgan fingerprint density at radius 2 is 0.780 bits per heavy atom. The molecule has 214 valence electrons. The Balaban J connectivity index is 0.00000154. The summed E-state index contributed by atoms with van der Waals surface area (Å²) in [6.45, 7) is 0. The average Bonchev–Trinajstić information content (AvgIpc) is 3.78. The van der Waals surface area contributed by atoms with E-state index >= 15 is 0 Å². The molecule has 4 heterocycles. The van der Waals surface area contributed by atoms with Crippen molar-refractivity contribution in [1.29, 1.82) is 0 Å². The topological polar surface area (TPSA) is 71.0 Å². The molecule has 4 aromatic heterocycles. The van der Waals surface area contributed by atoms with Crippen molar-refractivity contribution in [3.8, 4) is 22.6 Å². The molecular weight excluding hydrogens is 696 g/mol. The van der Waals surface area contributed by atoms with Crippen molar-refractivity contribution in [3.63, 3.8) is 0 Å². The molecule has 0 fully saturated rings. The molecule has 0 aliphatic rings. The smallest absolute Gasteiger partial charge is 1.00 e. The Morgan fingerprint density at radius 1 is 0.463 bits per heavy atom. The van der Waals surface area contributed by atoms with E-state index in [4.69, 9.17) is 27.1 Å². The summed E-state index contributed by atoms with van der Waals surface area (Å²) < 4.78 is 35.8. The first-order valence-corrected chi connectivity index (χ1v) is 14.6. The maximum absolute atomic E-state index is 5.99. The van der Waals surface area contributed by atoms with Gasteiger partial charge in [-0.25, -0.2) is 0 Å². The monoisotopic (exact) mass is 718 g/mol. The first-order chi connectivity index (χ1) is 18.8. The van der Waals surface area contributed by atoms with Gasteiger partial charge >= 0.3 is 20.4 Å². The van der Waals surface area contributed by atoms with Crippen LogP contribution in [-0.4, -0.2) is 14.2 Å². The van der Waals surface area contributed by atoms with Crippen LogP contribution in [0.15, 0.2) is 128 Å². The zero-order valence-corrected chi connectivity index (χ0v) is 26.7. The van der Waals surface area contributed by atoms with Gasteiger partial charge in [0.05, 0.1) is 55.1 Å². The van der Waals surface area contributed by atoms with Crippen molar-refractivity contribution in [2.24, 2.45) is 0 Å². The van der Waals surface area contributed by atoms with Gasteiger partial charge in [0.1, 0.15) is 33.5 Å². The number of halogens is 2. The van der Waals surface area contributed by atoms with Crippen LogP contribution in [0.2, 0.25) is 0 Å². The molecule has 6 aromatic rings. The van der Waals surface area contributed by atoms with Gasteiger partial charge in [0, 0.05) is 21.7 Å². The molecule has 0 atom stereocenters. The number of furan rings is 4. The number of hydrogen-bond acceptors (Lipinski definition) is 6. The third-order valence-electron chi connectivity index (χ3n) is 6.09. The number of benzene rings is 2.